The van der Waals surface area contributed by atoms with Crippen LogP contribution in [0.3, 0.4) is 0 Å². The number of anilines is 1. The maximum Gasteiger partial charge on any atom is 0.303 e. The first kappa shape index (κ1) is 18.7. The van der Waals surface area contributed by atoms with Crippen molar-refractivity contribution in [3.8, 4) is 17.1 Å². The number of fused-ring (bicyclic) bond motifs is 3. The Hall–Kier alpha value is -3.68. The molecule has 2 heterocycles. The van der Waals surface area contributed by atoms with Crippen molar-refractivity contribution in [2.75, 3.05) is 25.6 Å². The molecule has 8 heteroatoms. The van der Waals surface area contributed by atoms with Gasteiger partial charge in [-0.1, -0.05) is 24.3 Å². The Morgan fingerprint density at radius 3 is 2.52 bits per heavy atom. The molecule has 0 fully saturated rings. The highest BCUT2D eigenvalue weighted by Crippen LogP contribution is 2.29. The molecule has 0 spiro atoms. The van der Waals surface area contributed by atoms with Crippen LogP contribution in [-0.4, -0.2) is 51.6 Å². The summed E-state index contributed by atoms with van der Waals surface area (Å²) in [5.74, 6) is 1.36. The topological polar surface area (TPSA) is 92.9 Å². The highest BCUT2D eigenvalue weighted by atomic mass is 16.5. The number of carbonyl (C=O) groups is 1. The van der Waals surface area contributed by atoms with Crippen LogP contribution in [0.1, 0.15) is 12.8 Å². The molecule has 0 radical (unpaired) electrons. The number of benzene rings is 2. The van der Waals surface area contributed by atoms with E-state index in [-0.39, 0.29) is 6.42 Å². The van der Waals surface area contributed by atoms with Crippen molar-refractivity contribution in [3.63, 3.8) is 0 Å². The number of carboxylic acids is 1. The van der Waals surface area contributed by atoms with E-state index in [1.807, 2.05) is 60.5 Å². The van der Waals surface area contributed by atoms with Gasteiger partial charge in [-0.3, -0.25) is 4.79 Å². The van der Waals surface area contributed by atoms with Crippen molar-refractivity contribution < 1.29 is 14.6 Å². The van der Waals surface area contributed by atoms with Gasteiger partial charge in [-0.25, -0.2) is 0 Å². The predicted octanol–water partition coefficient (Wildman–Crippen LogP) is 3.25. The minimum absolute atomic E-state index is 0.119. The van der Waals surface area contributed by atoms with E-state index in [4.69, 9.17) is 14.9 Å². The normalized spacial score (nSPS) is 11.1. The van der Waals surface area contributed by atoms with E-state index in [9.17, 15) is 4.79 Å². The van der Waals surface area contributed by atoms with E-state index < -0.39 is 5.97 Å². The minimum Gasteiger partial charge on any atom is -0.497 e. The number of rotatable bonds is 7. The van der Waals surface area contributed by atoms with Crippen LogP contribution in [0.2, 0.25) is 0 Å². The lowest BCUT2D eigenvalue weighted by Gasteiger charge is -2.20. The van der Waals surface area contributed by atoms with Gasteiger partial charge in [-0.05, 0) is 30.7 Å². The molecule has 2 aromatic carbocycles. The molecule has 4 aromatic rings. The average Bonchev–Trinajstić information content (AvgIpc) is 3.17. The third kappa shape index (κ3) is 3.56. The van der Waals surface area contributed by atoms with Gasteiger partial charge in [-0.15, -0.1) is 15.3 Å². The summed E-state index contributed by atoms with van der Waals surface area (Å²) in [6.07, 6.45) is 0.654. The molecule has 1 N–H and O–H groups in total. The fourth-order valence-electron chi connectivity index (χ4n) is 3.34. The van der Waals surface area contributed by atoms with Gasteiger partial charge in [0.15, 0.2) is 17.3 Å². The summed E-state index contributed by atoms with van der Waals surface area (Å²) in [7, 11) is 3.54. The summed E-state index contributed by atoms with van der Waals surface area (Å²) in [5, 5.41) is 24.4. The van der Waals surface area contributed by atoms with Crippen molar-refractivity contribution >= 4 is 28.2 Å². The number of nitrogens with zero attached hydrogens (tertiary/aromatic N) is 5. The van der Waals surface area contributed by atoms with Crippen molar-refractivity contribution in [1.29, 1.82) is 0 Å². The molecule has 8 nitrogen and oxygen atoms in total. The summed E-state index contributed by atoms with van der Waals surface area (Å²) in [4.78, 5) is 12.8. The highest BCUT2D eigenvalue weighted by molar-refractivity contribution is 6.00. The van der Waals surface area contributed by atoms with Crippen molar-refractivity contribution in [2.24, 2.45) is 0 Å². The van der Waals surface area contributed by atoms with Gasteiger partial charge in [-0.2, -0.15) is 4.52 Å². The van der Waals surface area contributed by atoms with Crippen molar-refractivity contribution in [2.45, 2.75) is 12.8 Å². The molecule has 0 amide bonds. The lowest BCUT2D eigenvalue weighted by atomic mass is 10.1. The van der Waals surface area contributed by atoms with Gasteiger partial charge in [0.1, 0.15) is 5.75 Å². The van der Waals surface area contributed by atoms with Crippen molar-refractivity contribution in [3.05, 3.63) is 48.5 Å². The third-order valence-electron chi connectivity index (χ3n) is 4.84. The molecule has 0 saturated heterocycles. The average molecular weight is 391 g/mol. The number of aliphatic carboxylic acids is 1. The molecular formula is C21H21N5O3. The first-order chi connectivity index (χ1) is 14.1. The first-order valence-corrected chi connectivity index (χ1v) is 9.30. The van der Waals surface area contributed by atoms with Crippen LogP contribution in [-0.2, 0) is 4.79 Å². The fraction of sp³-hybridized carbons (Fsp3) is 0.238. The van der Waals surface area contributed by atoms with E-state index >= 15 is 0 Å². The molecular weight excluding hydrogens is 370 g/mol. The van der Waals surface area contributed by atoms with E-state index in [2.05, 4.69) is 10.2 Å². The molecule has 0 aliphatic carbocycles. The fourth-order valence-corrected chi connectivity index (χ4v) is 3.34. The van der Waals surface area contributed by atoms with E-state index in [1.54, 1.807) is 11.6 Å². The Morgan fingerprint density at radius 2 is 1.83 bits per heavy atom. The van der Waals surface area contributed by atoms with Crippen LogP contribution in [0.25, 0.3) is 27.8 Å². The van der Waals surface area contributed by atoms with Gasteiger partial charge < -0.3 is 14.7 Å². The quantitative estimate of drug-likeness (QED) is 0.517. The highest BCUT2D eigenvalue weighted by Gasteiger charge is 2.17. The summed E-state index contributed by atoms with van der Waals surface area (Å²) in [5.41, 5.74) is 1.55. The SMILES string of the molecule is COc1ccc(-c2nnc3c4ccccc4c(N(C)CCCC(=O)O)nn23)cc1. The zero-order chi connectivity index (χ0) is 20.4. The van der Waals surface area contributed by atoms with Crippen LogP contribution in [0.15, 0.2) is 48.5 Å². The van der Waals surface area contributed by atoms with Gasteiger partial charge in [0, 0.05) is 36.3 Å². The summed E-state index contributed by atoms with van der Waals surface area (Å²) < 4.78 is 6.97. The largest absolute Gasteiger partial charge is 0.497 e. The van der Waals surface area contributed by atoms with Gasteiger partial charge in [0.25, 0.3) is 0 Å². The molecule has 2 aromatic heterocycles. The summed E-state index contributed by atoms with van der Waals surface area (Å²) >= 11 is 0. The Bertz CT molecular complexity index is 1170. The second-order valence-corrected chi connectivity index (χ2v) is 6.78. The summed E-state index contributed by atoms with van der Waals surface area (Å²) in [6, 6.07) is 15.5. The Balaban J connectivity index is 1.82. The van der Waals surface area contributed by atoms with Gasteiger partial charge in [0.05, 0.1) is 7.11 Å². The number of hydrogen-bond acceptors (Lipinski definition) is 6. The standard InChI is InChI=1S/C21H21N5O3/c1-25(13-5-8-18(27)28)21-17-7-4-3-6-16(17)20-23-22-19(26(20)24-21)14-9-11-15(29-2)12-10-14/h3-4,6-7,9-12H,5,8,13H2,1-2H3,(H,27,28). The van der Waals surface area contributed by atoms with E-state index in [0.717, 1.165) is 27.9 Å². The molecule has 0 saturated carbocycles. The zero-order valence-electron chi connectivity index (χ0n) is 16.2. The van der Waals surface area contributed by atoms with Crippen LogP contribution in [0, 0.1) is 0 Å². The molecule has 0 unspecified atom stereocenters. The van der Waals surface area contributed by atoms with E-state index in [1.165, 1.54) is 0 Å². The van der Waals surface area contributed by atoms with Crippen LogP contribution in [0.4, 0.5) is 5.82 Å². The second-order valence-electron chi connectivity index (χ2n) is 6.78. The Kier molecular flexibility index (Phi) is 4.99. The molecule has 4 rings (SSSR count). The Morgan fingerprint density at radius 1 is 1.10 bits per heavy atom. The molecule has 148 valence electrons. The number of hydrogen-bond donors (Lipinski definition) is 1. The number of carboxylic acid groups (broad SMARTS) is 1. The van der Waals surface area contributed by atoms with Crippen LogP contribution < -0.4 is 9.64 Å². The smallest absolute Gasteiger partial charge is 0.303 e. The predicted molar refractivity (Wildman–Crippen MR) is 110 cm³/mol. The van der Waals surface area contributed by atoms with E-state index in [0.29, 0.717) is 24.4 Å². The first-order valence-electron chi connectivity index (χ1n) is 9.30. The molecule has 0 aliphatic heterocycles. The third-order valence-corrected chi connectivity index (χ3v) is 4.84. The number of methoxy groups -OCH3 is 1. The number of aromatic nitrogens is 4. The van der Waals surface area contributed by atoms with Crippen LogP contribution in [0.5, 0.6) is 5.75 Å². The maximum atomic E-state index is 10.9. The monoisotopic (exact) mass is 391 g/mol. The van der Waals surface area contributed by atoms with Crippen molar-refractivity contribution in [1.82, 2.24) is 19.8 Å². The number of ether oxygens (including phenoxy) is 1. The Labute approximate surface area is 167 Å². The molecule has 0 bridgehead atoms. The lowest BCUT2D eigenvalue weighted by molar-refractivity contribution is -0.137. The second kappa shape index (κ2) is 7.75. The maximum absolute atomic E-state index is 10.9. The molecule has 29 heavy (non-hydrogen) atoms. The molecule has 0 atom stereocenters. The van der Waals surface area contributed by atoms with Crippen LogP contribution >= 0.6 is 0 Å². The molecule has 0 aliphatic rings. The lowest BCUT2D eigenvalue weighted by Crippen LogP contribution is -2.22. The minimum atomic E-state index is -0.799. The van der Waals surface area contributed by atoms with Gasteiger partial charge in [0.2, 0.25) is 0 Å². The summed E-state index contributed by atoms with van der Waals surface area (Å²) in [6.45, 7) is 0.578. The van der Waals surface area contributed by atoms with Gasteiger partial charge >= 0.3 is 5.97 Å². The zero-order valence-corrected chi connectivity index (χ0v) is 16.2.